The van der Waals surface area contributed by atoms with Crippen molar-refractivity contribution in [2.45, 2.75) is 29.1 Å². The van der Waals surface area contributed by atoms with Crippen molar-refractivity contribution in [3.05, 3.63) is 58.1 Å². The lowest BCUT2D eigenvalue weighted by atomic mass is 10.1. The summed E-state index contributed by atoms with van der Waals surface area (Å²) in [4.78, 5) is 0.904. The van der Waals surface area contributed by atoms with Gasteiger partial charge >= 0.3 is 6.18 Å². The fourth-order valence-corrected chi connectivity index (χ4v) is 3.43. The molecule has 0 saturated carbocycles. The number of nitrogens with two attached hydrogens (primary N) is 1. The Balaban J connectivity index is 2.55. The minimum Gasteiger partial charge on any atom is -0.392 e. The van der Waals surface area contributed by atoms with Gasteiger partial charge in [0.2, 0.25) is 0 Å². The average Bonchev–Trinajstić information content (AvgIpc) is 2.48. The monoisotopic (exact) mass is 347 g/mol. The van der Waals surface area contributed by atoms with E-state index in [9.17, 15) is 18.3 Å². The molecule has 0 fully saturated rings. The van der Waals surface area contributed by atoms with E-state index >= 15 is 0 Å². The second-order valence-electron chi connectivity index (χ2n) is 4.47. The van der Waals surface area contributed by atoms with Crippen LogP contribution in [0.1, 0.15) is 16.7 Å². The molecular formula is C15H13ClF3NOS. The molecule has 3 N–H and O–H groups in total. The Morgan fingerprint density at radius 1 is 1.14 bits per heavy atom. The number of benzene rings is 2. The molecule has 0 heterocycles. The van der Waals surface area contributed by atoms with Gasteiger partial charge in [0, 0.05) is 16.3 Å². The Labute approximate surface area is 135 Å². The van der Waals surface area contributed by atoms with E-state index in [4.69, 9.17) is 17.3 Å². The number of halogens is 4. The Hall–Kier alpha value is -1.21. The van der Waals surface area contributed by atoms with Gasteiger partial charge in [-0.25, -0.2) is 0 Å². The molecule has 0 radical (unpaired) electrons. The molecule has 22 heavy (non-hydrogen) atoms. The lowest BCUT2D eigenvalue weighted by Crippen LogP contribution is -2.13. The first-order valence-corrected chi connectivity index (χ1v) is 7.53. The molecule has 0 spiro atoms. The normalized spacial score (nSPS) is 11.7. The number of aliphatic hydroxyl groups excluding tert-OH is 1. The van der Waals surface area contributed by atoms with Crippen LogP contribution >= 0.6 is 23.4 Å². The lowest BCUT2D eigenvalue weighted by molar-refractivity contribution is -0.138. The van der Waals surface area contributed by atoms with E-state index in [0.717, 1.165) is 17.8 Å². The van der Waals surface area contributed by atoms with Crippen LogP contribution in [0, 0.1) is 0 Å². The summed E-state index contributed by atoms with van der Waals surface area (Å²) in [6, 6.07) is 9.05. The quantitative estimate of drug-likeness (QED) is 0.858. The maximum atomic E-state index is 13.1. The minimum absolute atomic E-state index is 0.0438. The molecule has 0 amide bonds. The molecule has 0 aliphatic heterocycles. The van der Waals surface area contributed by atoms with E-state index in [0.29, 0.717) is 10.5 Å². The van der Waals surface area contributed by atoms with E-state index in [1.54, 1.807) is 24.3 Å². The molecule has 7 heteroatoms. The van der Waals surface area contributed by atoms with Gasteiger partial charge in [0.15, 0.2) is 0 Å². The van der Waals surface area contributed by atoms with Gasteiger partial charge in [-0.05, 0) is 29.3 Å². The second-order valence-corrected chi connectivity index (χ2v) is 5.93. The SMILES string of the molecule is NCc1c(C(F)(F)F)ccc(Cl)c1Sc1ccccc1CO. The Bertz CT molecular complexity index is 676. The van der Waals surface area contributed by atoms with Crippen LogP contribution < -0.4 is 5.73 Å². The average molecular weight is 348 g/mol. The predicted molar refractivity (Wildman–Crippen MR) is 80.8 cm³/mol. The van der Waals surface area contributed by atoms with Crippen LogP contribution in [0.3, 0.4) is 0 Å². The summed E-state index contributed by atoms with van der Waals surface area (Å²) in [6.45, 7) is -0.489. The highest BCUT2D eigenvalue weighted by molar-refractivity contribution is 7.99. The molecular weight excluding hydrogens is 335 g/mol. The molecule has 0 saturated heterocycles. The zero-order valence-electron chi connectivity index (χ0n) is 11.3. The third-order valence-corrected chi connectivity index (χ3v) is 4.79. The van der Waals surface area contributed by atoms with Crippen molar-refractivity contribution in [1.82, 2.24) is 0 Å². The lowest BCUT2D eigenvalue weighted by Gasteiger charge is -2.17. The fraction of sp³-hybridized carbons (Fsp3) is 0.200. The topological polar surface area (TPSA) is 46.2 Å². The van der Waals surface area contributed by atoms with Crippen molar-refractivity contribution >= 4 is 23.4 Å². The zero-order valence-corrected chi connectivity index (χ0v) is 12.9. The molecule has 0 unspecified atom stereocenters. The first-order valence-electron chi connectivity index (χ1n) is 6.33. The van der Waals surface area contributed by atoms with E-state index in [1.165, 1.54) is 6.07 Å². The van der Waals surface area contributed by atoms with Gasteiger partial charge in [0.25, 0.3) is 0 Å². The zero-order chi connectivity index (χ0) is 16.3. The maximum absolute atomic E-state index is 13.1. The summed E-state index contributed by atoms with van der Waals surface area (Å²) in [5, 5.41) is 9.53. The molecule has 0 atom stereocenters. The number of hydrogen-bond acceptors (Lipinski definition) is 3. The summed E-state index contributed by atoms with van der Waals surface area (Å²) < 4.78 is 39.3. The molecule has 0 aliphatic rings. The van der Waals surface area contributed by atoms with Crippen LogP contribution in [-0.2, 0) is 19.3 Å². The smallest absolute Gasteiger partial charge is 0.392 e. The van der Waals surface area contributed by atoms with Crippen molar-refractivity contribution in [2.24, 2.45) is 5.73 Å². The Morgan fingerprint density at radius 2 is 1.82 bits per heavy atom. The molecule has 2 aromatic carbocycles. The van der Waals surface area contributed by atoms with Crippen LogP contribution in [0.4, 0.5) is 13.2 Å². The van der Waals surface area contributed by atoms with Gasteiger partial charge < -0.3 is 10.8 Å². The summed E-state index contributed by atoms with van der Waals surface area (Å²) in [5.41, 5.74) is 5.30. The number of rotatable bonds is 4. The fourth-order valence-electron chi connectivity index (χ4n) is 2.02. The van der Waals surface area contributed by atoms with Gasteiger partial charge in [-0.2, -0.15) is 13.2 Å². The largest absolute Gasteiger partial charge is 0.416 e. The van der Waals surface area contributed by atoms with E-state index in [2.05, 4.69) is 0 Å². The molecule has 2 nitrogen and oxygen atoms in total. The van der Waals surface area contributed by atoms with E-state index in [-0.39, 0.29) is 28.6 Å². The molecule has 2 aromatic rings. The summed E-state index contributed by atoms with van der Waals surface area (Å²) in [7, 11) is 0. The highest BCUT2D eigenvalue weighted by Gasteiger charge is 2.34. The molecule has 2 rings (SSSR count). The molecule has 118 valence electrons. The van der Waals surface area contributed by atoms with Crippen molar-refractivity contribution in [1.29, 1.82) is 0 Å². The summed E-state index contributed by atoms with van der Waals surface area (Å²) in [6.07, 6.45) is -4.49. The van der Waals surface area contributed by atoms with Crippen molar-refractivity contribution in [2.75, 3.05) is 0 Å². The summed E-state index contributed by atoms with van der Waals surface area (Å²) in [5.74, 6) is 0. The standard InChI is InChI=1S/C15H13ClF3NOS/c16-12-6-5-11(15(17,18)19)10(7-20)14(12)22-13-4-2-1-3-9(13)8-21/h1-6,21H,7-8,20H2. The van der Waals surface area contributed by atoms with Gasteiger partial charge in [0.1, 0.15) is 0 Å². The van der Waals surface area contributed by atoms with Gasteiger partial charge in [-0.1, -0.05) is 41.6 Å². The summed E-state index contributed by atoms with van der Waals surface area (Å²) >= 11 is 7.14. The van der Waals surface area contributed by atoms with Crippen molar-refractivity contribution in [3.63, 3.8) is 0 Å². The second kappa shape index (κ2) is 6.91. The molecule has 0 aliphatic carbocycles. The van der Waals surface area contributed by atoms with Crippen LogP contribution in [-0.4, -0.2) is 5.11 Å². The minimum atomic E-state index is -4.49. The van der Waals surface area contributed by atoms with Crippen LogP contribution in [0.2, 0.25) is 5.02 Å². The highest BCUT2D eigenvalue weighted by Crippen LogP contribution is 2.42. The van der Waals surface area contributed by atoms with Gasteiger partial charge in [-0.15, -0.1) is 0 Å². The molecule has 0 aromatic heterocycles. The Morgan fingerprint density at radius 3 is 2.41 bits per heavy atom. The first kappa shape index (κ1) is 17.1. The van der Waals surface area contributed by atoms with E-state index < -0.39 is 11.7 Å². The maximum Gasteiger partial charge on any atom is 0.416 e. The first-order chi connectivity index (χ1) is 10.4. The van der Waals surface area contributed by atoms with E-state index in [1.807, 2.05) is 0 Å². The van der Waals surface area contributed by atoms with Crippen LogP contribution in [0.15, 0.2) is 46.2 Å². The van der Waals surface area contributed by atoms with Crippen LogP contribution in [0.5, 0.6) is 0 Å². The number of hydrogen-bond donors (Lipinski definition) is 2. The van der Waals surface area contributed by atoms with Gasteiger partial charge in [-0.3, -0.25) is 0 Å². The number of aliphatic hydroxyl groups is 1. The third kappa shape index (κ3) is 3.57. The third-order valence-electron chi connectivity index (χ3n) is 3.08. The van der Waals surface area contributed by atoms with Crippen LogP contribution in [0.25, 0.3) is 0 Å². The molecule has 0 bridgehead atoms. The predicted octanol–water partition coefficient (Wildman–Crippen LogP) is 4.46. The van der Waals surface area contributed by atoms with Crippen molar-refractivity contribution in [3.8, 4) is 0 Å². The Kier molecular flexibility index (Phi) is 5.39. The van der Waals surface area contributed by atoms with Gasteiger partial charge in [0.05, 0.1) is 17.2 Å². The number of alkyl halides is 3. The van der Waals surface area contributed by atoms with Crippen molar-refractivity contribution < 1.29 is 18.3 Å². The highest BCUT2D eigenvalue weighted by atomic mass is 35.5.